The Kier molecular flexibility index (Phi) is 8.94. The molecule has 5 N–H and O–H groups in total. The molecule has 9 nitrogen and oxygen atoms in total. The van der Waals surface area contributed by atoms with E-state index in [2.05, 4.69) is 31.5 Å². The Bertz CT molecular complexity index is 1180. The van der Waals surface area contributed by atoms with Gasteiger partial charge in [-0.05, 0) is 31.0 Å². The second-order valence-electron chi connectivity index (χ2n) is 10.0. The summed E-state index contributed by atoms with van der Waals surface area (Å²) in [7, 11) is 2.84. The minimum absolute atomic E-state index is 0.0961. The van der Waals surface area contributed by atoms with Gasteiger partial charge in [-0.2, -0.15) is 13.2 Å². The van der Waals surface area contributed by atoms with Gasteiger partial charge in [-0.1, -0.05) is 15.9 Å². The number of aliphatic hydroxyl groups excluding tert-OH is 1. The molecule has 0 bridgehead atoms. The average molecular weight is 615 g/mol. The minimum Gasteiger partial charge on any atom is -0.397 e. The number of pyridine rings is 1. The molecule has 2 atom stereocenters. The van der Waals surface area contributed by atoms with Crippen molar-refractivity contribution in [1.29, 1.82) is 0 Å². The fraction of sp³-hybridized carbons (Fsp3) is 0.538. The normalized spacial score (nSPS) is 20.9. The maximum absolute atomic E-state index is 13.6. The van der Waals surface area contributed by atoms with Gasteiger partial charge in [0, 0.05) is 81.6 Å². The summed E-state index contributed by atoms with van der Waals surface area (Å²) >= 11 is 3.39. The Morgan fingerprint density at radius 2 is 1.97 bits per heavy atom. The van der Waals surface area contributed by atoms with E-state index >= 15 is 0 Å². The fourth-order valence-electron chi connectivity index (χ4n) is 5.30. The molecular formula is C26H34BrF3N6O3. The molecule has 0 aliphatic carbocycles. The number of amides is 1. The summed E-state index contributed by atoms with van der Waals surface area (Å²) in [5.74, 6) is -0.403. The Labute approximate surface area is 234 Å². The number of rotatable bonds is 7. The smallest absolute Gasteiger partial charge is 0.397 e. The molecule has 0 radical (unpaired) electrons. The second kappa shape index (κ2) is 11.9. The number of piperidine rings is 2. The van der Waals surface area contributed by atoms with Crippen LogP contribution in [0.5, 0.6) is 0 Å². The van der Waals surface area contributed by atoms with Crippen LogP contribution in [0.25, 0.3) is 0 Å². The lowest BCUT2D eigenvalue weighted by Gasteiger charge is -2.42. The van der Waals surface area contributed by atoms with Crippen LogP contribution in [-0.4, -0.2) is 84.0 Å². The van der Waals surface area contributed by atoms with Crippen molar-refractivity contribution in [3.05, 3.63) is 46.2 Å². The van der Waals surface area contributed by atoms with E-state index in [9.17, 15) is 23.1 Å². The summed E-state index contributed by atoms with van der Waals surface area (Å²) < 4.78 is 46.3. The molecule has 13 heteroatoms. The zero-order valence-electron chi connectivity index (χ0n) is 21.9. The molecule has 39 heavy (non-hydrogen) atoms. The van der Waals surface area contributed by atoms with E-state index in [4.69, 9.17) is 10.5 Å². The Hall–Kier alpha value is -2.61. The van der Waals surface area contributed by atoms with Crippen LogP contribution >= 0.6 is 15.9 Å². The van der Waals surface area contributed by atoms with Gasteiger partial charge in [0.15, 0.2) is 5.60 Å². The number of nitrogen functional groups attached to an aromatic ring is 1. The van der Waals surface area contributed by atoms with E-state index in [0.29, 0.717) is 34.5 Å². The summed E-state index contributed by atoms with van der Waals surface area (Å²) in [5, 5.41) is 17.4. The van der Waals surface area contributed by atoms with E-state index in [1.54, 1.807) is 31.6 Å². The van der Waals surface area contributed by atoms with Gasteiger partial charge in [-0.3, -0.25) is 14.7 Å². The van der Waals surface area contributed by atoms with Crippen LogP contribution in [0.2, 0.25) is 0 Å². The lowest BCUT2D eigenvalue weighted by Crippen LogP contribution is -2.55. The highest BCUT2D eigenvalue weighted by Gasteiger charge is 2.56. The zero-order valence-corrected chi connectivity index (χ0v) is 23.5. The van der Waals surface area contributed by atoms with Crippen molar-refractivity contribution in [1.82, 2.24) is 14.8 Å². The number of methoxy groups -OCH3 is 1. The quantitative estimate of drug-likeness (QED) is 0.343. The molecule has 2 unspecified atom stereocenters. The van der Waals surface area contributed by atoms with Crippen molar-refractivity contribution in [3.63, 3.8) is 0 Å². The number of anilines is 3. The summed E-state index contributed by atoms with van der Waals surface area (Å²) in [4.78, 5) is 21.1. The molecule has 1 amide bonds. The topological polar surface area (TPSA) is 116 Å². The standard InChI is InChI=1S/C26H34BrF3N6O3/c1-32-19-10-16(13-33-14-19)23(37)36-7-3-4-18(15-36)34-22-20(11-17(27)12-21(22)31)24(38)35-8-5-25(39-2,6-9-35)26(28,29)30/h10-14,18,23,32,34,37H,3-9,15,31H2,1-2H3. The van der Waals surface area contributed by atoms with Crippen molar-refractivity contribution in [3.8, 4) is 0 Å². The number of halogens is 4. The van der Waals surface area contributed by atoms with E-state index in [-0.39, 0.29) is 37.5 Å². The molecule has 1 aromatic carbocycles. The van der Waals surface area contributed by atoms with Crippen LogP contribution in [0.4, 0.5) is 30.2 Å². The van der Waals surface area contributed by atoms with Crippen LogP contribution in [0, 0.1) is 0 Å². The first-order valence-electron chi connectivity index (χ1n) is 12.8. The Balaban J connectivity index is 1.50. The number of alkyl halides is 3. The van der Waals surface area contributed by atoms with Gasteiger partial charge in [-0.15, -0.1) is 0 Å². The number of nitrogens with one attached hydrogen (secondary N) is 2. The molecular weight excluding hydrogens is 581 g/mol. The van der Waals surface area contributed by atoms with Crippen molar-refractivity contribution < 1.29 is 27.8 Å². The minimum atomic E-state index is -4.52. The first kappa shape index (κ1) is 29.4. The van der Waals surface area contributed by atoms with E-state index < -0.39 is 23.9 Å². The Morgan fingerprint density at radius 1 is 1.26 bits per heavy atom. The molecule has 2 aliphatic heterocycles. The van der Waals surface area contributed by atoms with Crippen LogP contribution in [-0.2, 0) is 4.74 Å². The number of ether oxygens (including phenoxy) is 1. The van der Waals surface area contributed by atoms with Crippen molar-refractivity contribution in [2.24, 2.45) is 0 Å². The van der Waals surface area contributed by atoms with Gasteiger partial charge in [0.25, 0.3) is 5.91 Å². The summed E-state index contributed by atoms with van der Waals surface area (Å²) in [6, 6.07) is 5.03. The molecule has 2 aromatic rings. The summed E-state index contributed by atoms with van der Waals surface area (Å²) in [5.41, 5.74) is 6.59. The highest BCUT2D eigenvalue weighted by atomic mass is 79.9. The summed E-state index contributed by atoms with van der Waals surface area (Å²) in [6.07, 6.45) is -1.18. The van der Waals surface area contributed by atoms with Gasteiger partial charge in [0.05, 0.1) is 22.6 Å². The highest BCUT2D eigenvalue weighted by Crippen LogP contribution is 2.42. The van der Waals surface area contributed by atoms with Gasteiger partial charge in [0.1, 0.15) is 6.23 Å². The monoisotopic (exact) mass is 614 g/mol. The maximum Gasteiger partial charge on any atom is 0.417 e. The molecule has 1 aromatic heterocycles. The number of carbonyl (C=O) groups excluding carboxylic acids is 1. The third-order valence-electron chi connectivity index (χ3n) is 7.62. The van der Waals surface area contributed by atoms with Crippen LogP contribution in [0.15, 0.2) is 35.1 Å². The Morgan fingerprint density at radius 3 is 2.62 bits per heavy atom. The molecule has 4 rings (SSSR count). The number of hydrogen-bond donors (Lipinski definition) is 4. The van der Waals surface area contributed by atoms with Gasteiger partial charge in [0.2, 0.25) is 0 Å². The SMILES string of the molecule is CNc1cncc(C(O)N2CCCC(Nc3c(N)cc(Br)cc3C(=O)N3CCC(OC)(C(F)(F)F)CC3)C2)c1. The van der Waals surface area contributed by atoms with Gasteiger partial charge in [-0.25, -0.2) is 0 Å². The number of carbonyl (C=O) groups is 1. The second-order valence-corrected chi connectivity index (χ2v) is 10.9. The lowest BCUT2D eigenvalue weighted by molar-refractivity contribution is -0.281. The number of aromatic nitrogens is 1. The van der Waals surface area contributed by atoms with E-state index in [1.165, 1.54) is 4.90 Å². The van der Waals surface area contributed by atoms with Crippen molar-refractivity contribution >= 4 is 38.9 Å². The fourth-order valence-corrected chi connectivity index (χ4v) is 5.77. The van der Waals surface area contributed by atoms with E-state index in [1.807, 2.05) is 11.0 Å². The van der Waals surface area contributed by atoms with Crippen molar-refractivity contribution in [2.45, 2.75) is 49.7 Å². The predicted molar refractivity (Wildman–Crippen MR) is 146 cm³/mol. The first-order valence-corrected chi connectivity index (χ1v) is 13.6. The molecule has 0 saturated carbocycles. The van der Waals surface area contributed by atoms with Crippen LogP contribution in [0.3, 0.4) is 0 Å². The number of benzene rings is 1. The molecule has 214 valence electrons. The lowest BCUT2D eigenvalue weighted by atomic mass is 9.90. The summed E-state index contributed by atoms with van der Waals surface area (Å²) in [6.45, 7) is 0.973. The van der Waals surface area contributed by atoms with Gasteiger partial charge >= 0.3 is 6.18 Å². The number of nitrogens with zero attached hydrogens (tertiary/aromatic N) is 3. The molecule has 2 fully saturated rings. The molecule has 2 saturated heterocycles. The molecule has 2 aliphatic rings. The number of likely N-dealkylation sites (tertiary alicyclic amines) is 2. The largest absolute Gasteiger partial charge is 0.417 e. The zero-order chi connectivity index (χ0) is 28.4. The third kappa shape index (κ3) is 6.26. The van der Waals surface area contributed by atoms with E-state index in [0.717, 1.165) is 25.6 Å². The highest BCUT2D eigenvalue weighted by molar-refractivity contribution is 9.10. The van der Waals surface area contributed by atoms with Crippen molar-refractivity contribution in [2.75, 3.05) is 56.7 Å². The predicted octanol–water partition coefficient (Wildman–Crippen LogP) is 4.22. The number of aliphatic hydroxyl groups is 1. The molecule has 3 heterocycles. The number of hydrogen-bond acceptors (Lipinski definition) is 8. The first-order chi connectivity index (χ1) is 18.5. The van der Waals surface area contributed by atoms with Crippen LogP contribution < -0.4 is 16.4 Å². The average Bonchev–Trinajstić information content (AvgIpc) is 2.93. The van der Waals surface area contributed by atoms with Crippen LogP contribution in [0.1, 0.15) is 47.8 Å². The molecule has 0 spiro atoms. The van der Waals surface area contributed by atoms with Gasteiger partial charge < -0.3 is 31.1 Å². The maximum atomic E-state index is 13.6. The third-order valence-corrected chi connectivity index (χ3v) is 8.08. The number of nitrogens with two attached hydrogens (primary N) is 1.